The second-order valence-corrected chi connectivity index (χ2v) is 2.50. The summed E-state index contributed by atoms with van der Waals surface area (Å²) in [5.74, 6) is 0. The van der Waals surface area contributed by atoms with Crippen LogP contribution in [0.5, 0.6) is 0 Å². The van der Waals surface area contributed by atoms with E-state index in [-0.39, 0.29) is 0 Å². The minimum atomic E-state index is 0.977. The van der Waals surface area contributed by atoms with Crippen LogP contribution in [0.2, 0.25) is 0 Å². The summed E-state index contributed by atoms with van der Waals surface area (Å²) < 4.78 is 0.977. The van der Waals surface area contributed by atoms with E-state index in [0.717, 1.165) is 10.1 Å². The molecule has 0 nitrogen and oxygen atoms in total. The fourth-order valence-corrected chi connectivity index (χ4v) is 0.685. The molecule has 0 aromatic heterocycles. The zero-order valence-electron chi connectivity index (χ0n) is 4.95. The molecule has 0 aromatic rings. The lowest BCUT2D eigenvalue weighted by Crippen LogP contribution is -1.62. The maximum atomic E-state index is 3.69. The number of rotatable bonds is 2. The van der Waals surface area contributed by atoms with Gasteiger partial charge < -0.3 is 0 Å². The van der Waals surface area contributed by atoms with Crippen molar-refractivity contribution in [3.63, 3.8) is 0 Å². The van der Waals surface area contributed by atoms with Crippen LogP contribution in [0.15, 0.2) is 35.4 Å². The van der Waals surface area contributed by atoms with Gasteiger partial charge in [-0.15, -0.1) is 0 Å². The van der Waals surface area contributed by atoms with Gasteiger partial charge in [-0.1, -0.05) is 40.7 Å². The Morgan fingerprint density at radius 3 is 2.25 bits per heavy atom. The van der Waals surface area contributed by atoms with E-state index in [2.05, 4.69) is 29.1 Å². The van der Waals surface area contributed by atoms with Gasteiger partial charge in [0.1, 0.15) is 0 Å². The summed E-state index contributed by atoms with van der Waals surface area (Å²) in [6.45, 7) is 9.18. The molecule has 0 amide bonds. The van der Waals surface area contributed by atoms with Gasteiger partial charge in [0.25, 0.3) is 0 Å². The highest BCUT2D eigenvalue weighted by atomic mass is 79.9. The zero-order chi connectivity index (χ0) is 6.57. The topological polar surface area (TPSA) is 0 Å². The first-order valence-electron chi connectivity index (χ1n) is 2.32. The van der Waals surface area contributed by atoms with E-state index in [4.69, 9.17) is 0 Å². The Morgan fingerprint density at radius 2 is 2.12 bits per heavy atom. The summed E-state index contributed by atoms with van der Waals surface area (Å²) in [5, 5.41) is 0. The zero-order valence-corrected chi connectivity index (χ0v) is 6.53. The lowest BCUT2D eigenvalue weighted by Gasteiger charge is -1.85. The van der Waals surface area contributed by atoms with Crippen LogP contribution in [-0.4, -0.2) is 0 Å². The van der Waals surface area contributed by atoms with Gasteiger partial charge in [0.15, 0.2) is 0 Å². The average Bonchev–Trinajstić information content (AvgIpc) is 1.65. The van der Waals surface area contributed by atoms with E-state index in [1.165, 1.54) is 0 Å². The van der Waals surface area contributed by atoms with Gasteiger partial charge in [-0.2, -0.15) is 0 Å². The summed E-state index contributed by atoms with van der Waals surface area (Å²) in [7, 11) is 0. The minimum absolute atomic E-state index is 0.977. The van der Waals surface area contributed by atoms with Crippen molar-refractivity contribution < 1.29 is 0 Å². The third kappa shape index (κ3) is 3.88. The van der Waals surface area contributed by atoms with Gasteiger partial charge in [0, 0.05) is 4.48 Å². The van der Waals surface area contributed by atoms with Crippen LogP contribution in [0.3, 0.4) is 0 Å². The Bertz CT molecular complexity index is 131. The highest BCUT2D eigenvalue weighted by molar-refractivity contribution is 9.11. The van der Waals surface area contributed by atoms with Crippen molar-refractivity contribution in [1.29, 1.82) is 0 Å². The Hall–Kier alpha value is -0.300. The van der Waals surface area contributed by atoms with Crippen molar-refractivity contribution >= 4 is 15.9 Å². The third-order valence-electron chi connectivity index (χ3n) is 0.579. The van der Waals surface area contributed by atoms with Gasteiger partial charge in [-0.25, -0.2) is 0 Å². The van der Waals surface area contributed by atoms with Crippen molar-refractivity contribution in [3.8, 4) is 0 Å². The van der Waals surface area contributed by atoms with Gasteiger partial charge in [0.2, 0.25) is 0 Å². The van der Waals surface area contributed by atoms with Gasteiger partial charge in [-0.05, 0) is 13.0 Å². The van der Waals surface area contributed by atoms with Gasteiger partial charge >= 0.3 is 0 Å². The van der Waals surface area contributed by atoms with Crippen molar-refractivity contribution in [3.05, 3.63) is 35.4 Å². The molecule has 0 fully saturated rings. The first-order valence-corrected chi connectivity index (χ1v) is 3.11. The molecule has 0 saturated heterocycles. The monoisotopic (exact) mass is 172 g/mol. The standard InChI is InChI=1S/C7H9Br/c1-4-7(8)5-6(2)3/h4-5H,1-2H2,3H3. The van der Waals surface area contributed by atoms with Crippen LogP contribution in [0.1, 0.15) is 6.92 Å². The van der Waals surface area contributed by atoms with Crippen LogP contribution in [-0.2, 0) is 0 Å². The Kier molecular flexibility index (Phi) is 3.53. The maximum absolute atomic E-state index is 3.69. The maximum Gasteiger partial charge on any atom is 0.0171 e. The molecule has 0 unspecified atom stereocenters. The molecule has 0 aliphatic heterocycles. The Morgan fingerprint density at radius 1 is 1.62 bits per heavy atom. The summed E-state index contributed by atoms with van der Waals surface area (Å²) in [4.78, 5) is 0. The van der Waals surface area contributed by atoms with Gasteiger partial charge in [-0.3, -0.25) is 0 Å². The molecule has 0 bridgehead atoms. The molecule has 0 aliphatic carbocycles. The molecule has 44 valence electrons. The fourth-order valence-electron chi connectivity index (χ4n) is 0.294. The lowest BCUT2D eigenvalue weighted by atomic mass is 10.3. The van der Waals surface area contributed by atoms with E-state index in [0.29, 0.717) is 0 Å². The van der Waals surface area contributed by atoms with Crippen LogP contribution in [0.25, 0.3) is 0 Å². The first-order chi connectivity index (χ1) is 3.66. The number of allylic oxidation sites excluding steroid dienone is 4. The van der Waals surface area contributed by atoms with E-state index in [9.17, 15) is 0 Å². The molecule has 0 rings (SSSR count). The van der Waals surface area contributed by atoms with E-state index in [1.807, 2.05) is 13.0 Å². The molecule has 0 heterocycles. The predicted octanol–water partition coefficient (Wildman–Crippen LogP) is 3.03. The second-order valence-electron chi connectivity index (χ2n) is 1.58. The first kappa shape index (κ1) is 7.70. The van der Waals surface area contributed by atoms with Gasteiger partial charge in [0.05, 0.1) is 0 Å². The van der Waals surface area contributed by atoms with Crippen LogP contribution >= 0.6 is 15.9 Å². The molecule has 0 aliphatic rings. The van der Waals surface area contributed by atoms with Crippen molar-refractivity contribution in [2.24, 2.45) is 0 Å². The van der Waals surface area contributed by atoms with Crippen molar-refractivity contribution in [2.75, 3.05) is 0 Å². The van der Waals surface area contributed by atoms with Crippen LogP contribution < -0.4 is 0 Å². The van der Waals surface area contributed by atoms with Crippen molar-refractivity contribution in [1.82, 2.24) is 0 Å². The quantitative estimate of drug-likeness (QED) is 0.563. The summed E-state index contributed by atoms with van der Waals surface area (Å²) in [6, 6.07) is 0. The van der Waals surface area contributed by atoms with Crippen LogP contribution in [0, 0.1) is 0 Å². The smallest absolute Gasteiger partial charge is 0.0171 e. The normalized spacial score (nSPS) is 11.0. The molecule has 8 heavy (non-hydrogen) atoms. The van der Waals surface area contributed by atoms with E-state index >= 15 is 0 Å². The highest BCUT2D eigenvalue weighted by Crippen LogP contribution is 2.07. The largest absolute Gasteiger partial charge is 0.0979 e. The summed E-state index contributed by atoms with van der Waals surface area (Å²) in [6.07, 6.45) is 3.64. The number of hydrogen-bond donors (Lipinski definition) is 0. The molecule has 0 atom stereocenters. The SMILES string of the molecule is C=CC(Br)=CC(=C)C. The molecule has 0 aromatic carbocycles. The Balaban J connectivity index is 3.94. The van der Waals surface area contributed by atoms with Crippen LogP contribution in [0.4, 0.5) is 0 Å². The van der Waals surface area contributed by atoms with Crippen molar-refractivity contribution in [2.45, 2.75) is 6.92 Å². The number of hydrogen-bond acceptors (Lipinski definition) is 0. The average molecular weight is 173 g/mol. The summed E-state index contributed by atoms with van der Waals surface area (Å²) >= 11 is 3.26. The lowest BCUT2D eigenvalue weighted by molar-refractivity contribution is 1.56. The minimum Gasteiger partial charge on any atom is -0.0979 e. The predicted molar refractivity (Wildman–Crippen MR) is 42.0 cm³/mol. The number of halogens is 1. The summed E-state index contributed by atoms with van der Waals surface area (Å²) in [5.41, 5.74) is 1.02. The van der Waals surface area contributed by atoms with E-state index < -0.39 is 0 Å². The fraction of sp³-hybridized carbons (Fsp3) is 0.143. The molecular weight excluding hydrogens is 164 g/mol. The second kappa shape index (κ2) is 3.67. The molecular formula is C7H9Br. The third-order valence-corrected chi connectivity index (χ3v) is 1.13. The Labute approximate surface area is 58.7 Å². The molecule has 0 spiro atoms. The molecule has 0 saturated carbocycles. The molecule has 1 heteroatoms. The molecule has 0 radical (unpaired) electrons. The highest BCUT2D eigenvalue weighted by Gasteiger charge is 1.79. The molecule has 0 N–H and O–H groups in total. The van der Waals surface area contributed by atoms with E-state index in [1.54, 1.807) is 6.08 Å².